The van der Waals surface area contributed by atoms with Gasteiger partial charge in [-0.15, -0.1) is 0 Å². The first-order chi connectivity index (χ1) is 16.0. The highest BCUT2D eigenvalue weighted by Gasteiger charge is 2.09. The lowest BCUT2D eigenvalue weighted by Gasteiger charge is -2.06. The Morgan fingerprint density at radius 3 is 2.42 bits per heavy atom. The van der Waals surface area contributed by atoms with Crippen molar-refractivity contribution in [2.75, 3.05) is 6.61 Å². The first kappa shape index (κ1) is 24.0. The summed E-state index contributed by atoms with van der Waals surface area (Å²) in [5, 5.41) is 4.38. The highest BCUT2D eigenvalue weighted by molar-refractivity contribution is 6.30. The molecule has 0 saturated heterocycles. The van der Waals surface area contributed by atoms with Crippen LogP contribution in [0.4, 0.5) is 0 Å². The average Bonchev–Trinajstić information content (AvgIpc) is 2.83. The van der Waals surface area contributed by atoms with Crippen LogP contribution in [0.1, 0.15) is 41.3 Å². The Kier molecular flexibility index (Phi) is 9.03. The molecule has 0 saturated carbocycles. The largest absolute Gasteiger partial charge is 0.484 e. The number of unbranched alkanes of at least 4 members (excludes halogenated alkanes) is 1. The van der Waals surface area contributed by atoms with Gasteiger partial charge in [-0.2, -0.15) is 5.10 Å². The molecule has 3 rings (SSSR count). The minimum atomic E-state index is -0.498. The zero-order chi connectivity index (χ0) is 23.5. The highest BCUT2D eigenvalue weighted by Crippen LogP contribution is 2.16. The van der Waals surface area contributed by atoms with E-state index in [9.17, 15) is 9.59 Å². The Morgan fingerprint density at radius 2 is 1.73 bits per heavy atom. The Morgan fingerprint density at radius 1 is 1.00 bits per heavy atom. The van der Waals surface area contributed by atoms with Gasteiger partial charge in [-0.25, -0.2) is 10.2 Å². The van der Waals surface area contributed by atoms with Crippen LogP contribution in [0, 0.1) is 0 Å². The van der Waals surface area contributed by atoms with E-state index in [0.29, 0.717) is 22.1 Å². The summed E-state index contributed by atoms with van der Waals surface area (Å²) in [4.78, 5) is 24.1. The number of carbonyl (C=O) groups excluding carboxylic acids is 2. The lowest BCUT2D eigenvalue weighted by atomic mass is 10.1. The van der Waals surface area contributed by atoms with E-state index in [1.807, 2.05) is 24.3 Å². The zero-order valence-corrected chi connectivity index (χ0v) is 19.0. The first-order valence-corrected chi connectivity index (χ1v) is 11.0. The summed E-state index contributed by atoms with van der Waals surface area (Å²) >= 11 is 5.89. The lowest BCUT2D eigenvalue weighted by molar-refractivity contribution is -0.123. The van der Waals surface area contributed by atoms with Gasteiger partial charge in [0.1, 0.15) is 11.5 Å². The quantitative estimate of drug-likeness (QED) is 0.188. The van der Waals surface area contributed by atoms with E-state index in [1.54, 1.807) is 48.5 Å². The number of hydrogen-bond donors (Lipinski definition) is 1. The van der Waals surface area contributed by atoms with Gasteiger partial charge >= 0.3 is 5.97 Å². The molecule has 0 spiro atoms. The van der Waals surface area contributed by atoms with Gasteiger partial charge in [0.25, 0.3) is 5.91 Å². The summed E-state index contributed by atoms with van der Waals surface area (Å²) in [6.07, 6.45) is 4.83. The van der Waals surface area contributed by atoms with E-state index in [2.05, 4.69) is 17.5 Å². The predicted molar refractivity (Wildman–Crippen MR) is 129 cm³/mol. The minimum Gasteiger partial charge on any atom is -0.484 e. The number of amides is 1. The van der Waals surface area contributed by atoms with E-state index in [-0.39, 0.29) is 12.5 Å². The second-order valence-corrected chi connectivity index (χ2v) is 7.73. The van der Waals surface area contributed by atoms with Gasteiger partial charge in [0.15, 0.2) is 6.61 Å². The maximum atomic E-state index is 12.2. The van der Waals surface area contributed by atoms with E-state index in [0.717, 1.165) is 24.8 Å². The van der Waals surface area contributed by atoms with Gasteiger partial charge in [0.2, 0.25) is 0 Å². The van der Waals surface area contributed by atoms with Crippen molar-refractivity contribution in [2.24, 2.45) is 5.10 Å². The number of aryl methyl sites for hydroxylation is 1. The van der Waals surface area contributed by atoms with Crippen molar-refractivity contribution in [3.63, 3.8) is 0 Å². The smallest absolute Gasteiger partial charge is 0.343 e. The fourth-order valence-corrected chi connectivity index (χ4v) is 3.09. The monoisotopic (exact) mass is 464 g/mol. The number of esters is 1. The summed E-state index contributed by atoms with van der Waals surface area (Å²) in [7, 11) is 0. The number of ether oxygens (including phenoxy) is 2. The van der Waals surface area contributed by atoms with Crippen molar-refractivity contribution in [1.29, 1.82) is 0 Å². The summed E-state index contributed by atoms with van der Waals surface area (Å²) in [6, 6.07) is 21.0. The van der Waals surface area contributed by atoms with E-state index in [4.69, 9.17) is 21.1 Å². The number of rotatable bonds is 10. The number of hydrazone groups is 1. The number of nitrogens with one attached hydrogen (secondary N) is 1. The molecule has 0 aromatic heterocycles. The number of halogens is 1. The van der Waals surface area contributed by atoms with Gasteiger partial charge in [-0.3, -0.25) is 4.79 Å². The minimum absolute atomic E-state index is 0.135. The molecule has 0 heterocycles. The van der Waals surface area contributed by atoms with Crippen LogP contribution in [0.15, 0.2) is 77.9 Å². The van der Waals surface area contributed by atoms with Gasteiger partial charge in [-0.1, -0.05) is 43.1 Å². The molecule has 33 heavy (non-hydrogen) atoms. The van der Waals surface area contributed by atoms with Crippen LogP contribution in [0.5, 0.6) is 11.5 Å². The zero-order valence-electron chi connectivity index (χ0n) is 18.3. The molecular weight excluding hydrogens is 440 g/mol. The normalized spacial score (nSPS) is 10.7. The SMILES string of the molecule is CCCCc1ccc(OCC(=O)NN=Cc2ccc(OC(=O)c3cccc(Cl)c3)cc2)cc1. The second-order valence-electron chi connectivity index (χ2n) is 7.30. The van der Waals surface area contributed by atoms with Crippen LogP contribution in [0.3, 0.4) is 0 Å². The third kappa shape index (κ3) is 8.09. The predicted octanol–water partition coefficient (Wildman–Crippen LogP) is 5.43. The van der Waals surface area contributed by atoms with Crippen LogP contribution in [-0.4, -0.2) is 24.7 Å². The third-order valence-corrected chi connectivity index (χ3v) is 4.90. The molecule has 3 aromatic rings. The second kappa shape index (κ2) is 12.4. The van der Waals surface area contributed by atoms with E-state index >= 15 is 0 Å². The van der Waals surface area contributed by atoms with Gasteiger partial charge in [-0.05, 0) is 78.6 Å². The molecule has 3 aromatic carbocycles. The van der Waals surface area contributed by atoms with Crippen molar-refractivity contribution in [1.82, 2.24) is 5.43 Å². The molecule has 0 radical (unpaired) electrons. The average molecular weight is 465 g/mol. The lowest BCUT2D eigenvalue weighted by Crippen LogP contribution is -2.24. The fourth-order valence-electron chi connectivity index (χ4n) is 2.90. The molecule has 1 amide bonds. The molecule has 0 fully saturated rings. The number of carbonyl (C=O) groups is 2. The summed E-state index contributed by atoms with van der Waals surface area (Å²) in [5.74, 6) is 0.155. The van der Waals surface area contributed by atoms with Crippen molar-refractivity contribution >= 4 is 29.7 Å². The Balaban J connectivity index is 1.42. The molecule has 6 nitrogen and oxygen atoms in total. The summed E-state index contributed by atoms with van der Waals surface area (Å²) in [6.45, 7) is 2.03. The molecule has 0 bridgehead atoms. The topological polar surface area (TPSA) is 77.0 Å². The number of nitrogens with zero attached hydrogens (tertiary/aromatic N) is 1. The number of hydrogen-bond acceptors (Lipinski definition) is 5. The van der Waals surface area contributed by atoms with Crippen LogP contribution in [-0.2, 0) is 11.2 Å². The standard InChI is InChI=1S/C26H25ClN2O4/c1-2-3-5-19-8-12-23(13-9-19)32-18-25(30)29-28-17-20-10-14-24(15-11-20)33-26(31)21-6-4-7-22(27)16-21/h4,6-17H,2-3,5,18H2,1H3,(H,29,30). The maximum absolute atomic E-state index is 12.2. The third-order valence-electron chi connectivity index (χ3n) is 4.67. The van der Waals surface area contributed by atoms with Gasteiger partial charge < -0.3 is 9.47 Å². The molecule has 0 unspecified atom stereocenters. The van der Waals surface area contributed by atoms with E-state index < -0.39 is 5.97 Å². The Bertz CT molecular complexity index is 1100. The molecule has 170 valence electrons. The Hall–Kier alpha value is -3.64. The Labute approximate surface area is 198 Å². The molecule has 0 atom stereocenters. The first-order valence-electron chi connectivity index (χ1n) is 10.6. The van der Waals surface area contributed by atoms with Crippen LogP contribution >= 0.6 is 11.6 Å². The molecule has 7 heteroatoms. The summed E-state index contributed by atoms with van der Waals surface area (Å²) < 4.78 is 10.8. The molecule has 0 aliphatic heterocycles. The molecule has 0 aliphatic rings. The van der Waals surface area contributed by atoms with Crippen molar-refractivity contribution in [2.45, 2.75) is 26.2 Å². The maximum Gasteiger partial charge on any atom is 0.343 e. The summed E-state index contributed by atoms with van der Waals surface area (Å²) in [5.41, 5.74) is 4.76. The van der Waals surface area contributed by atoms with Crippen molar-refractivity contribution in [3.8, 4) is 11.5 Å². The molecule has 0 aliphatic carbocycles. The number of benzene rings is 3. The van der Waals surface area contributed by atoms with Crippen LogP contribution in [0.25, 0.3) is 0 Å². The van der Waals surface area contributed by atoms with Crippen molar-refractivity contribution in [3.05, 3.63) is 94.5 Å². The molecular formula is C26H25ClN2O4. The van der Waals surface area contributed by atoms with E-state index in [1.165, 1.54) is 11.8 Å². The van der Waals surface area contributed by atoms with Crippen LogP contribution in [0.2, 0.25) is 5.02 Å². The molecule has 1 N–H and O–H groups in total. The fraction of sp³-hybridized carbons (Fsp3) is 0.192. The highest BCUT2D eigenvalue weighted by atomic mass is 35.5. The van der Waals surface area contributed by atoms with Crippen molar-refractivity contribution < 1.29 is 19.1 Å². The van der Waals surface area contributed by atoms with Crippen LogP contribution < -0.4 is 14.9 Å². The van der Waals surface area contributed by atoms with Gasteiger partial charge in [0, 0.05) is 5.02 Å². The van der Waals surface area contributed by atoms with Gasteiger partial charge in [0.05, 0.1) is 11.8 Å².